The SMILES string of the molecule is O=C(O)[C@@H](Cc1cccc(Br)c1)N1CCCC1. The molecule has 17 heavy (non-hydrogen) atoms. The van der Waals surface area contributed by atoms with E-state index in [0.29, 0.717) is 6.42 Å². The van der Waals surface area contributed by atoms with E-state index in [2.05, 4.69) is 20.8 Å². The van der Waals surface area contributed by atoms with Crippen molar-refractivity contribution in [2.75, 3.05) is 13.1 Å². The van der Waals surface area contributed by atoms with Crippen LogP contribution in [-0.4, -0.2) is 35.1 Å². The Bertz CT molecular complexity index is 402. The van der Waals surface area contributed by atoms with Crippen LogP contribution >= 0.6 is 15.9 Å². The van der Waals surface area contributed by atoms with Crippen molar-refractivity contribution in [3.63, 3.8) is 0 Å². The lowest BCUT2D eigenvalue weighted by Gasteiger charge is -2.23. The molecule has 1 aromatic carbocycles. The summed E-state index contributed by atoms with van der Waals surface area (Å²) in [7, 11) is 0. The van der Waals surface area contributed by atoms with Crippen LogP contribution in [0, 0.1) is 0 Å². The van der Waals surface area contributed by atoms with Crippen molar-refractivity contribution < 1.29 is 9.90 Å². The van der Waals surface area contributed by atoms with Crippen molar-refractivity contribution in [3.05, 3.63) is 34.3 Å². The fourth-order valence-electron chi connectivity index (χ4n) is 2.31. The van der Waals surface area contributed by atoms with Gasteiger partial charge in [0.2, 0.25) is 0 Å². The van der Waals surface area contributed by atoms with Gasteiger partial charge in [0.25, 0.3) is 0 Å². The van der Waals surface area contributed by atoms with Gasteiger partial charge < -0.3 is 5.11 Å². The van der Waals surface area contributed by atoms with Gasteiger partial charge in [-0.05, 0) is 50.0 Å². The van der Waals surface area contributed by atoms with Gasteiger partial charge in [0, 0.05) is 4.47 Å². The molecule has 1 fully saturated rings. The molecule has 1 heterocycles. The third-order valence-electron chi connectivity index (χ3n) is 3.18. The Hall–Kier alpha value is -0.870. The van der Waals surface area contributed by atoms with Crippen LogP contribution in [-0.2, 0) is 11.2 Å². The summed E-state index contributed by atoms with van der Waals surface area (Å²) >= 11 is 3.41. The molecule has 92 valence electrons. The molecule has 0 unspecified atom stereocenters. The summed E-state index contributed by atoms with van der Waals surface area (Å²) in [5.41, 5.74) is 1.07. The number of nitrogens with zero attached hydrogens (tertiary/aromatic N) is 1. The average Bonchev–Trinajstić information content (AvgIpc) is 2.78. The monoisotopic (exact) mass is 297 g/mol. The van der Waals surface area contributed by atoms with Gasteiger partial charge >= 0.3 is 5.97 Å². The van der Waals surface area contributed by atoms with Crippen molar-refractivity contribution >= 4 is 21.9 Å². The van der Waals surface area contributed by atoms with Crippen LogP contribution in [0.3, 0.4) is 0 Å². The zero-order chi connectivity index (χ0) is 12.3. The Morgan fingerprint density at radius 1 is 1.41 bits per heavy atom. The first-order valence-electron chi connectivity index (χ1n) is 5.88. The number of likely N-dealkylation sites (tertiary alicyclic amines) is 1. The summed E-state index contributed by atoms with van der Waals surface area (Å²) in [6.45, 7) is 1.82. The minimum atomic E-state index is -0.716. The van der Waals surface area contributed by atoms with Crippen molar-refractivity contribution in [2.24, 2.45) is 0 Å². The number of carbonyl (C=O) groups is 1. The second-order valence-corrected chi connectivity index (χ2v) is 5.35. The highest BCUT2D eigenvalue weighted by molar-refractivity contribution is 9.10. The normalized spacial score (nSPS) is 18.2. The zero-order valence-electron chi connectivity index (χ0n) is 9.60. The Morgan fingerprint density at radius 2 is 2.12 bits per heavy atom. The topological polar surface area (TPSA) is 40.5 Å². The maximum Gasteiger partial charge on any atom is 0.321 e. The molecule has 0 saturated carbocycles. The molecule has 2 rings (SSSR count). The molecule has 1 saturated heterocycles. The fraction of sp³-hybridized carbons (Fsp3) is 0.462. The van der Waals surface area contributed by atoms with Gasteiger partial charge in [-0.3, -0.25) is 9.69 Å². The van der Waals surface area contributed by atoms with Crippen molar-refractivity contribution in [2.45, 2.75) is 25.3 Å². The van der Waals surface area contributed by atoms with Gasteiger partial charge in [-0.2, -0.15) is 0 Å². The molecule has 0 radical (unpaired) electrons. The number of benzene rings is 1. The van der Waals surface area contributed by atoms with Crippen LogP contribution in [0.1, 0.15) is 18.4 Å². The predicted octanol–water partition coefficient (Wildman–Crippen LogP) is 2.54. The molecule has 1 atom stereocenters. The van der Waals surface area contributed by atoms with Crippen LogP contribution in [0.4, 0.5) is 0 Å². The molecule has 0 aromatic heterocycles. The van der Waals surface area contributed by atoms with Crippen LogP contribution in [0.15, 0.2) is 28.7 Å². The lowest BCUT2D eigenvalue weighted by molar-refractivity contribution is -0.142. The number of carboxylic acid groups (broad SMARTS) is 1. The van der Waals surface area contributed by atoms with Crippen LogP contribution in [0.2, 0.25) is 0 Å². The second-order valence-electron chi connectivity index (χ2n) is 4.43. The summed E-state index contributed by atoms with van der Waals surface area (Å²) in [5.74, 6) is -0.716. The lowest BCUT2D eigenvalue weighted by atomic mass is 10.1. The molecule has 3 nitrogen and oxygen atoms in total. The molecule has 1 aromatic rings. The average molecular weight is 298 g/mol. The van der Waals surface area contributed by atoms with E-state index in [4.69, 9.17) is 0 Å². The number of hydrogen-bond donors (Lipinski definition) is 1. The first-order chi connectivity index (χ1) is 8.16. The highest BCUT2D eigenvalue weighted by Gasteiger charge is 2.27. The smallest absolute Gasteiger partial charge is 0.321 e. The Morgan fingerprint density at radius 3 is 2.71 bits per heavy atom. The predicted molar refractivity (Wildman–Crippen MR) is 70.1 cm³/mol. The van der Waals surface area contributed by atoms with Crippen LogP contribution in [0.5, 0.6) is 0 Å². The second kappa shape index (κ2) is 5.65. The van der Waals surface area contributed by atoms with Crippen LogP contribution < -0.4 is 0 Å². The lowest BCUT2D eigenvalue weighted by Crippen LogP contribution is -2.40. The van der Waals surface area contributed by atoms with E-state index in [-0.39, 0.29) is 6.04 Å². The third-order valence-corrected chi connectivity index (χ3v) is 3.68. The van der Waals surface area contributed by atoms with Crippen molar-refractivity contribution in [1.82, 2.24) is 4.90 Å². The van der Waals surface area contributed by atoms with E-state index in [1.165, 1.54) is 0 Å². The summed E-state index contributed by atoms with van der Waals surface area (Å²) in [6, 6.07) is 7.49. The van der Waals surface area contributed by atoms with Gasteiger partial charge in [0.05, 0.1) is 0 Å². The van der Waals surface area contributed by atoms with Gasteiger partial charge in [-0.15, -0.1) is 0 Å². The van der Waals surface area contributed by atoms with E-state index in [9.17, 15) is 9.90 Å². The Kier molecular flexibility index (Phi) is 4.18. The Balaban J connectivity index is 2.09. The molecule has 4 heteroatoms. The molecule has 1 N–H and O–H groups in total. The maximum absolute atomic E-state index is 11.3. The quantitative estimate of drug-likeness (QED) is 0.928. The molecule has 0 bridgehead atoms. The Labute approximate surface area is 110 Å². The van der Waals surface area contributed by atoms with Gasteiger partial charge in [0.1, 0.15) is 6.04 Å². The molecular formula is C13H16BrNO2. The molecular weight excluding hydrogens is 282 g/mol. The third kappa shape index (κ3) is 3.30. The minimum absolute atomic E-state index is 0.383. The zero-order valence-corrected chi connectivity index (χ0v) is 11.2. The largest absolute Gasteiger partial charge is 0.480 e. The summed E-state index contributed by atoms with van der Waals surface area (Å²) in [6.07, 6.45) is 2.80. The fourth-order valence-corrected chi connectivity index (χ4v) is 2.76. The number of carboxylic acids is 1. The van der Waals surface area contributed by atoms with Gasteiger partial charge in [-0.25, -0.2) is 0 Å². The molecule has 1 aliphatic heterocycles. The first kappa shape index (κ1) is 12.6. The highest BCUT2D eigenvalue weighted by Crippen LogP contribution is 2.18. The summed E-state index contributed by atoms with van der Waals surface area (Å²) < 4.78 is 1.00. The van der Waals surface area contributed by atoms with Gasteiger partial charge in [-0.1, -0.05) is 28.1 Å². The van der Waals surface area contributed by atoms with Crippen molar-refractivity contribution in [3.8, 4) is 0 Å². The van der Waals surface area contributed by atoms with Crippen LogP contribution in [0.25, 0.3) is 0 Å². The number of hydrogen-bond acceptors (Lipinski definition) is 2. The minimum Gasteiger partial charge on any atom is -0.480 e. The maximum atomic E-state index is 11.3. The summed E-state index contributed by atoms with van der Waals surface area (Å²) in [4.78, 5) is 13.4. The number of rotatable bonds is 4. The molecule has 0 amide bonds. The first-order valence-corrected chi connectivity index (χ1v) is 6.67. The van der Waals surface area contributed by atoms with Gasteiger partial charge in [0.15, 0.2) is 0 Å². The highest BCUT2D eigenvalue weighted by atomic mass is 79.9. The standard InChI is InChI=1S/C13H16BrNO2/c14-11-5-3-4-10(8-11)9-12(13(16)17)15-6-1-2-7-15/h3-5,8,12H,1-2,6-7,9H2,(H,16,17)/t12-/m1/s1. The molecule has 1 aliphatic rings. The molecule has 0 aliphatic carbocycles. The number of halogens is 1. The van der Waals surface area contributed by atoms with E-state index >= 15 is 0 Å². The summed E-state index contributed by atoms with van der Waals surface area (Å²) in [5, 5.41) is 9.31. The molecule has 0 spiro atoms. The number of aliphatic carboxylic acids is 1. The van der Waals surface area contributed by atoms with E-state index in [0.717, 1.165) is 36.0 Å². The van der Waals surface area contributed by atoms with E-state index in [1.54, 1.807) is 0 Å². The van der Waals surface area contributed by atoms with Crippen molar-refractivity contribution in [1.29, 1.82) is 0 Å². The van der Waals surface area contributed by atoms with E-state index < -0.39 is 5.97 Å². The van der Waals surface area contributed by atoms with E-state index in [1.807, 2.05) is 24.3 Å².